The van der Waals surface area contributed by atoms with Crippen molar-refractivity contribution in [2.75, 3.05) is 13.2 Å². The molecule has 1 aromatic rings. The third kappa shape index (κ3) is 11.6. The minimum absolute atomic E-state index is 0.0597. The standard InChI is InChI=1S/C37H64O7Si/c1-7-8-24-37(25-16-10-9-14-20-34(39)40)31(32(27-33(37)38)43-35-21-15-17-26-41-35)23-22-30(44-45(5,6)36(2,3)4)28-42-29-18-12-11-13-19-29/h11-13,18-19,30-33,35,38H,7-10,14-17,20-28H2,1-6H3,(H,39,40)/t30-,31-,32?,33-,35?,37+/m0/s1. The van der Waals surface area contributed by atoms with Gasteiger partial charge in [0.1, 0.15) is 12.4 Å². The summed E-state index contributed by atoms with van der Waals surface area (Å²) in [4.78, 5) is 11.0. The highest BCUT2D eigenvalue weighted by atomic mass is 28.4. The lowest BCUT2D eigenvalue weighted by atomic mass is 9.67. The fraction of sp³-hybridized carbons (Fsp3) is 0.811. The van der Waals surface area contributed by atoms with Crippen molar-refractivity contribution in [3.8, 4) is 5.75 Å². The van der Waals surface area contributed by atoms with E-state index in [1.807, 2.05) is 30.3 Å². The number of carbonyl (C=O) groups is 1. The summed E-state index contributed by atoms with van der Waals surface area (Å²) < 4.78 is 26.1. The number of aliphatic hydroxyl groups excluding tert-OH is 1. The minimum atomic E-state index is -2.07. The van der Waals surface area contributed by atoms with Crippen LogP contribution in [0.15, 0.2) is 30.3 Å². The SMILES string of the molecule is CCCC[C@]1(CCCCCCC(=O)O)[C@@H](O)CC(OC2CCCCO2)[C@@H]1CC[C@@H](COc1ccccc1)O[Si](C)(C)C(C)(C)C. The molecule has 1 aromatic carbocycles. The van der Waals surface area contributed by atoms with Crippen molar-refractivity contribution in [3.63, 3.8) is 0 Å². The molecule has 45 heavy (non-hydrogen) atoms. The van der Waals surface area contributed by atoms with E-state index in [1.54, 1.807) is 0 Å². The van der Waals surface area contributed by atoms with Gasteiger partial charge in [-0.2, -0.15) is 0 Å². The lowest BCUT2D eigenvalue weighted by Gasteiger charge is -2.42. The zero-order chi connectivity index (χ0) is 32.9. The lowest BCUT2D eigenvalue weighted by molar-refractivity contribution is -0.199. The van der Waals surface area contributed by atoms with Gasteiger partial charge in [-0.1, -0.05) is 78.0 Å². The van der Waals surface area contributed by atoms with E-state index in [-0.39, 0.29) is 41.3 Å². The molecular formula is C37H64O7Si. The Bertz CT molecular complexity index is 975. The number of para-hydroxylation sites is 1. The molecule has 6 atom stereocenters. The van der Waals surface area contributed by atoms with Gasteiger partial charge in [0, 0.05) is 24.9 Å². The van der Waals surface area contributed by atoms with Gasteiger partial charge in [0.2, 0.25) is 0 Å². The van der Waals surface area contributed by atoms with Crippen LogP contribution in [0.3, 0.4) is 0 Å². The summed E-state index contributed by atoms with van der Waals surface area (Å²) >= 11 is 0. The molecule has 0 aromatic heterocycles. The van der Waals surface area contributed by atoms with Crippen molar-refractivity contribution in [3.05, 3.63) is 30.3 Å². The van der Waals surface area contributed by atoms with Crippen molar-refractivity contribution in [2.24, 2.45) is 11.3 Å². The van der Waals surface area contributed by atoms with Gasteiger partial charge in [-0.3, -0.25) is 4.79 Å². The first-order valence-electron chi connectivity index (χ1n) is 17.9. The first-order valence-corrected chi connectivity index (χ1v) is 20.8. The van der Waals surface area contributed by atoms with E-state index in [2.05, 4.69) is 40.8 Å². The molecule has 1 saturated heterocycles. The second-order valence-corrected chi connectivity index (χ2v) is 19.9. The normalized spacial score (nSPS) is 26.6. The first-order chi connectivity index (χ1) is 21.4. The summed E-state index contributed by atoms with van der Waals surface area (Å²) in [7, 11) is -2.07. The summed E-state index contributed by atoms with van der Waals surface area (Å²) in [6.45, 7) is 14.9. The quantitative estimate of drug-likeness (QED) is 0.108. The molecule has 0 radical (unpaired) electrons. The van der Waals surface area contributed by atoms with Crippen LogP contribution < -0.4 is 4.74 Å². The Morgan fingerprint density at radius 3 is 2.42 bits per heavy atom. The van der Waals surface area contributed by atoms with Gasteiger partial charge in [-0.05, 0) is 87.5 Å². The molecule has 2 fully saturated rings. The smallest absolute Gasteiger partial charge is 0.303 e. The van der Waals surface area contributed by atoms with Gasteiger partial charge in [-0.15, -0.1) is 0 Å². The van der Waals surface area contributed by atoms with Crippen LogP contribution in [0.25, 0.3) is 0 Å². The monoisotopic (exact) mass is 648 g/mol. The van der Waals surface area contributed by atoms with Crippen LogP contribution in [0.5, 0.6) is 5.75 Å². The van der Waals surface area contributed by atoms with Crippen LogP contribution in [0, 0.1) is 11.3 Å². The molecule has 1 aliphatic heterocycles. The summed E-state index contributed by atoms with van der Waals surface area (Å²) in [6, 6.07) is 9.99. The summed E-state index contributed by atoms with van der Waals surface area (Å²) in [5.41, 5.74) is -0.232. The molecule has 1 heterocycles. The summed E-state index contributed by atoms with van der Waals surface area (Å²) in [6.07, 6.45) is 12.6. The number of carboxylic acids is 1. The first kappa shape index (κ1) is 38.0. The zero-order valence-corrected chi connectivity index (χ0v) is 30.2. The zero-order valence-electron chi connectivity index (χ0n) is 29.2. The maximum Gasteiger partial charge on any atom is 0.303 e. The number of ether oxygens (including phenoxy) is 3. The number of rotatable bonds is 20. The fourth-order valence-electron chi connectivity index (χ4n) is 7.13. The number of unbranched alkanes of at least 4 members (excludes halogenated alkanes) is 4. The van der Waals surface area contributed by atoms with Gasteiger partial charge in [-0.25, -0.2) is 0 Å². The van der Waals surface area contributed by atoms with E-state index in [0.29, 0.717) is 19.4 Å². The number of aliphatic carboxylic acids is 1. The van der Waals surface area contributed by atoms with Crippen molar-refractivity contribution in [2.45, 2.75) is 167 Å². The van der Waals surface area contributed by atoms with Crippen LogP contribution >= 0.6 is 0 Å². The third-order valence-corrected chi connectivity index (χ3v) is 15.3. The molecule has 2 unspecified atom stereocenters. The van der Waals surface area contributed by atoms with E-state index < -0.39 is 20.4 Å². The van der Waals surface area contributed by atoms with E-state index in [4.69, 9.17) is 23.7 Å². The molecule has 8 heteroatoms. The van der Waals surface area contributed by atoms with Crippen LogP contribution in [0.4, 0.5) is 0 Å². The second-order valence-electron chi connectivity index (χ2n) is 15.2. The molecule has 7 nitrogen and oxygen atoms in total. The molecule has 1 aliphatic carbocycles. The summed E-state index contributed by atoms with van der Waals surface area (Å²) in [5.74, 6) is 0.315. The number of benzene rings is 1. The molecule has 0 bridgehead atoms. The number of hydrogen-bond donors (Lipinski definition) is 2. The van der Waals surface area contributed by atoms with Crippen LogP contribution in [0.1, 0.15) is 124 Å². The van der Waals surface area contributed by atoms with Crippen molar-refractivity contribution < 1.29 is 33.6 Å². The van der Waals surface area contributed by atoms with Gasteiger partial charge >= 0.3 is 5.97 Å². The molecule has 2 N–H and O–H groups in total. The molecule has 0 spiro atoms. The topological polar surface area (TPSA) is 94.5 Å². The highest BCUT2D eigenvalue weighted by Gasteiger charge is 2.54. The molecule has 3 rings (SSSR count). The Kier molecular flexibility index (Phi) is 15.4. The van der Waals surface area contributed by atoms with E-state index in [9.17, 15) is 9.90 Å². The van der Waals surface area contributed by atoms with E-state index >= 15 is 0 Å². The number of carboxylic acid groups (broad SMARTS) is 1. The average molecular weight is 649 g/mol. The largest absolute Gasteiger partial charge is 0.491 e. The van der Waals surface area contributed by atoms with Crippen molar-refractivity contribution in [1.82, 2.24) is 0 Å². The number of aliphatic hydroxyl groups is 1. The lowest BCUT2D eigenvalue weighted by Crippen LogP contribution is -2.46. The van der Waals surface area contributed by atoms with Crippen LogP contribution in [-0.4, -0.2) is 62.3 Å². The van der Waals surface area contributed by atoms with E-state index in [1.165, 1.54) is 0 Å². The molecule has 2 aliphatic rings. The van der Waals surface area contributed by atoms with Gasteiger partial charge in [0.25, 0.3) is 0 Å². The van der Waals surface area contributed by atoms with Gasteiger partial charge in [0.05, 0.1) is 18.3 Å². The average Bonchev–Trinajstić information content (AvgIpc) is 3.24. The molecule has 258 valence electrons. The highest BCUT2D eigenvalue weighted by Crippen LogP contribution is 2.54. The Morgan fingerprint density at radius 2 is 1.78 bits per heavy atom. The van der Waals surface area contributed by atoms with Gasteiger partial charge in [0.15, 0.2) is 14.6 Å². The van der Waals surface area contributed by atoms with Crippen LogP contribution in [0.2, 0.25) is 18.1 Å². The predicted molar refractivity (Wildman–Crippen MR) is 183 cm³/mol. The van der Waals surface area contributed by atoms with Crippen molar-refractivity contribution >= 4 is 14.3 Å². The second kappa shape index (κ2) is 18.2. The van der Waals surface area contributed by atoms with Crippen molar-refractivity contribution in [1.29, 1.82) is 0 Å². The minimum Gasteiger partial charge on any atom is -0.491 e. The maximum absolute atomic E-state index is 11.9. The molecule has 1 saturated carbocycles. The molecule has 0 amide bonds. The van der Waals surface area contributed by atoms with E-state index in [0.717, 1.165) is 89.4 Å². The fourth-order valence-corrected chi connectivity index (χ4v) is 8.51. The predicted octanol–water partition coefficient (Wildman–Crippen LogP) is 9.13. The Labute approximate surface area is 274 Å². The maximum atomic E-state index is 11.9. The molecular weight excluding hydrogens is 584 g/mol. The number of hydrogen-bond acceptors (Lipinski definition) is 6. The van der Waals surface area contributed by atoms with Crippen LogP contribution in [-0.2, 0) is 18.7 Å². The highest BCUT2D eigenvalue weighted by molar-refractivity contribution is 6.74. The summed E-state index contributed by atoms with van der Waals surface area (Å²) in [5, 5.41) is 21.0. The Balaban J connectivity index is 1.83. The van der Waals surface area contributed by atoms with Gasteiger partial charge < -0.3 is 28.8 Å². The Morgan fingerprint density at radius 1 is 1.07 bits per heavy atom. The third-order valence-electron chi connectivity index (χ3n) is 10.8. The Hall–Kier alpha value is -1.45.